The molecule has 1 N–H and O–H groups in total. The molecular weight excluding hydrogens is 402 g/mol. The molecule has 4 heterocycles. The van der Waals surface area contributed by atoms with E-state index in [-0.39, 0.29) is 30.5 Å². The van der Waals surface area contributed by atoms with E-state index < -0.39 is 16.1 Å². The van der Waals surface area contributed by atoms with Crippen molar-refractivity contribution >= 4 is 37.5 Å². The van der Waals surface area contributed by atoms with Crippen LogP contribution < -0.4 is 5.32 Å². The summed E-state index contributed by atoms with van der Waals surface area (Å²) in [4.78, 5) is 18.1. The highest BCUT2D eigenvalue weighted by molar-refractivity contribution is 7.89. The van der Waals surface area contributed by atoms with Gasteiger partial charge in [-0.1, -0.05) is 6.07 Å². The van der Waals surface area contributed by atoms with E-state index in [1.807, 2.05) is 6.07 Å². The van der Waals surface area contributed by atoms with Crippen molar-refractivity contribution in [2.75, 3.05) is 26.7 Å². The highest BCUT2D eigenvalue weighted by Gasteiger charge is 2.35. The normalized spacial score (nSPS) is 18.4. The Kier molecular flexibility index (Phi) is 4.91. The average molecular weight is 422 g/mol. The third-order valence-corrected chi connectivity index (χ3v) is 7.55. The summed E-state index contributed by atoms with van der Waals surface area (Å²) < 4.78 is 34.7. The first kappa shape index (κ1) is 19.0. The monoisotopic (exact) mass is 421 g/mol. The van der Waals surface area contributed by atoms with Gasteiger partial charge in [-0.15, -0.1) is 11.3 Å². The van der Waals surface area contributed by atoms with Gasteiger partial charge < -0.3 is 10.1 Å². The number of carbonyl (C=O) groups is 1. The summed E-state index contributed by atoms with van der Waals surface area (Å²) in [5.74, 6) is -0.242. The van der Waals surface area contributed by atoms with Crippen molar-refractivity contribution in [3.05, 3.63) is 41.2 Å². The van der Waals surface area contributed by atoms with Crippen molar-refractivity contribution in [1.82, 2.24) is 24.4 Å². The Morgan fingerprint density at radius 3 is 2.96 bits per heavy atom. The Morgan fingerprint density at radius 2 is 2.25 bits per heavy atom. The first-order chi connectivity index (χ1) is 13.4. The maximum Gasteiger partial charge on any atom is 0.261 e. The third kappa shape index (κ3) is 3.20. The van der Waals surface area contributed by atoms with Gasteiger partial charge in [0.05, 0.1) is 18.9 Å². The quantitative estimate of drug-likeness (QED) is 0.677. The standard InChI is InChI=1S/C17H19N5O4S2/c1-18-16(23)15-14(12-4-3-5-19-17(12)27-15)13-10-22(6-7-26-13)28(24,25)11-8-20-21(2)9-11/h3-5,8-9,13H,6-7,10H2,1-2H3,(H,18,23)/t13-/m1/s1. The summed E-state index contributed by atoms with van der Waals surface area (Å²) in [6.45, 7) is 0.584. The minimum absolute atomic E-state index is 0.113. The molecule has 0 bridgehead atoms. The van der Waals surface area contributed by atoms with Crippen LogP contribution in [0.15, 0.2) is 35.6 Å². The van der Waals surface area contributed by atoms with Gasteiger partial charge in [0.1, 0.15) is 14.6 Å². The number of nitrogens with one attached hydrogen (secondary N) is 1. The molecule has 0 unspecified atom stereocenters. The Hall–Kier alpha value is -2.34. The summed E-state index contributed by atoms with van der Waals surface area (Å²) in [6, 6.07) is 3.66. The number of aromatic nitrogens is 3. The van der Waals surface area contributed by atoms with E-state index in [1.165, 1.54) is 32.7 Å². The fourth-order valence-corrected chi connectivity index (χ4v) is 5.80. The van der Waals surface area contributed by atoms with Gasteiger partial charge in [-0.2, -0.15) is 9.40 Å². The number of ether oxygens (including phenoxy) is 1. The number of fused-ring (bicyclic) bond motifs is 1. The summed E-state index contributed by atoms with van der Waals surface area (Å²) >= 11 is 1.27. The number of hydrogen-bond donors (Lipinski definition) is 1. The molecule has 11 heteroatoms. The molecule has 3 aromatic rings. The number of carbonyl (C=O) groups excluding carboxylic acids is 1. The molecule has 28 heavy (non-hydrogen) atoms. The minimum atomic E-state index is -3.70. The van der Waals surface area contributed by atoms with Crippen LogP contribution in [0.4, 0.5) is 0 Å². The van der Waals surface area contributed by atoms with E-state index >= 15 is 0 Å². The van der Waals surface area contributed by atoms with Crippen LogP contribution in [-0.2, 0) is 21.8 Å². The van der Waals surface area contributed by atoms with Gasteiger partial charge in [-0.05, 0) is 6.07 Å². The molecule has 4 rings (SSSR count). The Labute approximate surface area is 166 Å². The molecule has 1 aliphatic heterocycles. The molecule has 9 nitrogen and oxygen atoms in total. The summed E-state index contributed by atoms with van der Waals surface area (Å²) in [5, 5.41) is 7.40. The predicted octanol–water partition coefficient (Wildman–Crippen LogP) is 1.15. The van der Waals surface area contributed by atoms with Gasteiger partial charge in [0.2, 0.25) is 10.0 Å². The van der Waals surface area contributed by atoms with Crippen LogP contribution in [-0.4, -0.2) is 60.1 Å². The lowest BCUT2D eigenvalue weighted by Crippen LogP contribution is -2.42. The van der Waals surface area contributed by atoms with E-state index in [0.717, 1.165) is 5.39 Å². The summed E-state index contributed by atoms with van der Waals surface area (Å²) in [6.07, 6.45) is 3.90. The number of nitrogens with zero attached hydrogens (tertiary/aromatic N) is 4. The van der Waals surface area contributed by atoms with Crippen molar-refractivity contribution in [3.8, 4) is 0 Å². The Bertz CT molecular complexity index is 1140. The van der Waals surface area contributed by atoms with Gasteiger partial charge in [-0.25, -0.2) is 13.4 Å². The highest BCUT2D eigenvalue weighted by Crippen LogP contribution is 2.38. The van der Waals surface area contributed by atoms with Crippen LogP contribution in [0.1, 0.15) is 21.3 Å². The number of hydrogen-bond acceptors (Lipinski definition) is 7. The van der Waals surface area contributed by atoms with E-state index in [2.05, 4.69) is 15.4 Å². The van der Waals surface area contributed by atoms with Gasteiger partial charge >= 0.3 is 0 Å². The molecular formula is C17H19N5O4S2. The zero-order chi connectivity index (χ0) is 19.9. The summed E-state index contributed by atoms with van der Waals surface area (Å²) in [7, 11) is -0.472. The van der Waals surface area contributed by atoms with E-state index in [1.54, 1.807) is 26.4 Å². The predicted molar refractivity (Wildman–Crippen MR) is 104 cm³/mol. The fourth-order valence-electron chi connectivity index (χ4n) is 3.25. The summed E-state index contributed by atoms with van der Waals surface area (Å²) in [5.41, 5.74) is 0.679. The SMILES string of the molecule is CNC(=O)c1sc2ncccc2c1[C@H]1CN(S(=O)(=O)c2cnn(C)c2)CCO1. The van der Waals surface area contributed by atoms with Crippen LogP contribution in [0.3, 0.4) is 0 Å². The number of sulfonamides is 1. The lowest BCUT2D eigenvalue weighted by molar-refractivity contribution is -0.00192. The largest absolute Gasteiger partial charge is 0.371 e. The number of morpholine rings is 1. The average Bonchev–Trinajstić information content (AvgIpc) is 3.31. The van der Waals surface area contributed by atoms with Crippen molar-refractivity contribution in [2.24, 2.45) is 7.05 Å². The molecule has 1 saturated heterocycles. The Balaban J connectivity index is 1.73. The zero-order valence-corrected chi connectivity index (χ0v) is 17.0. The van der Waals surface area contributed by atoms with Gasteiger partial charge in [0.25, 0.3) is 5.91 Å². The van der Waals surface area contributed by atoms with Crippen LogP contribution in [0, 0.1) is 0 Å². The van der Waals surface area contributed by atoms with E-state index in [9.17, 15) is 13.2 Å². The maximum atomic E-state index is 13.0. The second-order valence-electron chi connectivity index (χ2n) is 6.35. The van der Waals surface area contributed by atoms with Crippen LogP contribution in [0.25, 0.3) is 10.2 Å². The molecule has 0 spiro atoms. The number of amides is 1. The first-order valence-corrected chi connectivity index (χ1v) is 10.9. The molecule has 0 saturated carbocycles. The maximum absolute atomic E-state index is 13.0. The molecule has 1 fully saturated rings. The first-order valence-electron chi connectivity index (χ1n) is 8.61. The van der Waals surface area contributed by atoms with Crippen LogP contribution >= 0.6 is 11.3 Å². The third-order valence-electron chi connectivity index (χ3n) is 4.61. The molecule has 3 aromatic heterocycles. The number of rotatable bonds is 4. The molecule has 0 aliphatic carbocycles. The second-order valence-corrected chi connectivity index (χ2v) is 9.29. The zero-order valence-electron chi connectivity index (χ0n) is 15.3. The minimum Gasteiger partial charge on any atom is -0.371 e. The van der Waals surface area contributed by atoms with Crippen LogP contribution in [0.5, 0.6) is 0 Å². The number of aryl methyl sites for hydroxylation is 1. The number of thiophene rings is 1. The smallest absolute Gasteiger partial charge is 0.261 e. The van der Waals surface area contributed by atoms with Crippen molar-refractivity contribution in [1.29, 1.82) is 0 Å². The van der Waals surface area contributed by atoms with Gasteiger partial charge in [0, 0.05) is 50.5 Å². The van der Waals surface area contributed by atoms with Crippen LogP contribution in [0.2, 0.25) is 0 Å². The molecule has 0 radical (unpaired) electrons. The van der Waals surface area contributed by atoms with Crippen molar-refractivity contribution in [3.63, 3.8) is 0 Å². The second kappa shape index (κ2) is 7.24. The van der Waals surface area contributed by atoms with Gasteiger partial charge in [-0.3, -0.25) is 9.48 Å². The molecule has 1 amide bonds. The highest BCUT2D eigenvalue weighted by atomic mass is 32.2. The van der Waals surface area contributed by atoms with Crippen molar-refractivity contribution in [2.45, 2.75) is 11.0 Å². The Morgan fingerprint density at radius 1 is 1.43 bits per heavy atom. The van der Waals surface area contributed by atoms with Crippen molar-refractivity contribution < 1.29 is 17.9 Å². The van der Waals surface area contributed by atoms with E-state index in [4.69, 9.17) is 4.74 Å². The molecule has 1 atom stereocenters. The lowest BCUT2D eigenvalue weighted by atomic mass is 10.0. The van der Waals surface area contributed by atoms with E-state index in [0.29, 0.717) is 15.3 Å². The molecule has 0 aromatic carbocycles. The van der Waals surface area contributed by atoms with Gasteiger partial charge in [0.15, 0.2) is 0 Å². The topological polar surface area (TPSA) is 106 Å². The number of pyridine rings is 1. The fraction of sp³-hybridized carbons (Fsp3) is 0.353. The molecule has 148 valence electrons. The lowest BCUT2D eigenvalue weighted by Gasteiger charge is -2.32. The molecule has 1 aliphatic rings.